The van der Waals surface area contributed by atoms with Gasteiger partial charge in [-0.1, -0.05) is 32.0 Å². The Hall–Kier alpha value is -0.713. The normalized spacial score (nSPS) is 15.6. The molecular weight excluding hydrogens is 230 g/mol. The van der Waals surface area contributed by atoms with E-state index in [0.29, 0.717) is 6.04 Å². The largest absolute Gasteiger partial charge is 0.366 e. The Morgan fingerprint density at radius 2 is 2.00 bits per heavy atom. The van der Waals surface area contributed by atoms with E-state index < -0.39 is 13.9 Å². The highest BCUT2D eigenvalue weighted by atomic mass is 28.3. The van der Waals surface area contributed by atoms with E-state index in [1.165, 1.54) is 5.32 Å². The fourth-order valence-electron chi connectivity index (χ4n) is 2.33. The molecule has 0 radical (unpaired) electrons. The van der Waals surface area contributed by atoms with Crippen LogP contribution < -0.4 is 5.32 Å². The third-order valence-electron chi connectivity index (χ3n) is 3.67. The number of methoxy groups -OCH3 is 1. The van der Waals surface area contributed by atoms with E-state index in [9.17, 15) is 5.11 Å². The van der Waals surface area contributed by atoms with Crippen molar-refractivity contribution in [1.82, 2.24) is 4.98 Å². The van der Waals surface area contributed by atoms with E-state index in [0.717, 1.165) is 12.1 Å². The molecule has 0 aliphatic heterocycles. The van der Waals surface area contributed by atoms with Crippen LogP contribution in [-0.4, -0.2) is 31.1 Å². The van der Waals surface area contributed by atoms with Gasteiger partial charge in [0.1, 0.15) is 8.07 Å². The summed E-state index contributed by atoms with van der Waals surface area (Å²) in [7, 11) is -0.204. The molecule has 0 saturated heterocycles. The third-order valence-corrected chi connectivity index (χ3v) is 9.09. The predicted octanol–water partition coefficient (Wildman–Crippen LogP) is 2.13. The molecule has 1 N–H and O–H groups in total. The molecule has 17 heavy (non-hydrogen) atoms. The molecule has 4 heteroatoms. The van der Waals surface area contributed by atoms with Crippen molar-refractivity contribution >= 4 is 13.4 Å². The summed E-state index contributed by atoms with van der Waals surface area (Å²) in [5.41, 5.74) is 0. The lowest BCUT2D eigenvalue weighted by atomic mass is 10.4. The molecule has 0 aromatic carbocycles. The highest BCUT2D eigenvalue weighted by Gasteiger charge is 2.39. The molecule has 1 atom stereocenters. The van der Waals surface area contributed by atoms with E-state index in [1.807, 2.05) is 18.3 Å². The van der Waals surface area contributed by atoms with Gasteiger partial charge in [-0.15, -0.1) is 0 Å². The number of pyridine rings is 1. The van der Waals surface area contributed by atoms with E-state index in [-0.39, 0.29) is 0 Å². The lowest BCUT2D eigenvalue weighted by Gasteiger charge is -2.35. The van der Waals surface area contributed by atoms with Crippen LogP contribution in [0.2, 0.25) is 18.1 Å². The quantitative estimate of drug-likeness (QED) is 0.624. The van der Waals surface area contributed by atoms with E-state index in [1.54, 1.807) is 14.0 Å². The van der Waals surface area contributed by atoms with Crippen molar-refractivity contribution in [3.8, 4) is 0 Å². The van der Waals surface area contributed by atoms with E-state index >= 15 is 0 Å². The van der Waals surface area contributed by atoms with Crippen molar-refractivity contribution in [2.75, 3.05) is 7.11 Å². The number of aromatic nitrogens is 1. The van der Waals surface area contributed by atoms with Crippen molar-refractivity contribution in [3.63, 3.8) is 0 Å². The number of hydrogen-bond donors (Lipinski definition) is 1. The molecule has 0 spiro atoms. The van der Waals surface area contributed by atoms with Gasteiger partial charge in [-0.25, -0.2) is 0 Å². The maximum absolute atomic E-state index is 10.2. The van der Waals surface area contributed by atoms with Gasteiger partial charge in [0.05, 0.1) is 0 Å². The van der Waals surface area contributed by atoms with Crippen molar-refractivity contribution in [2.24, 2.45) is 0 Å². The van der Waals surface area contributed by atoms with Crippen molar-refractivity contribution in [3.05, 3.63) is 24.4 Å². The average Bonchev–Trinajstić information content (AvgIpc) is 2.37. The first-order valence-electron chi connectivity index (χ1n) is 6.18. The standard InChI is InChI=1S/C13H23NO2Si/c1-5-17(6-2,11-13(3,15)16-4)12-9-7-8-10-14-12/h7-10,15H,5-6,11H2,1-4H3. The monoisotopic (exact) mass is 253 g/mol. The van der Waals surface area contributed by atoms with Crippen LogP contribution in [0.3, 0.4) is 0 Å². The van der Waals surface area contributed by atoms with Crippen molar-refractivity contribution in [2.45, 2.75) is 44.7 Å². The highest BCUT2D eigenvalue weighted by Crippen LogP contribution is 2.27. The van der Waals surface area contributed by atoms with Crippen LogP contribution in [0.4, 0.5) is 0 Å². The molecule has 1 rings (SSSR count). The second kappa shape index (κ2) is 5.75. The van der Waals surface area contributed by atoms with Gasteiger partial charge in [-0.3, -0.25) is 4.98 Å². The molecule has 0 saturated carbocycles. The molecule has 0 bridgehead atoms. The molecule has 1 unspecified atom stereocenters. The Morgan fingerprint density at radius 1 is 1.35 bits per heavy atom. The molecule has 0 aliphatic rings. The Balaban J connectivity index is 3.06. The van der Waals surface area contributed by atoms with Crippen LogP contribution in [0, 0.1) is 0 Å². The van der Waals surface area contributed by atoms with Crippen LogP contribution in [-0.2, 0) is 4.74 Å². The van der Waals surface area contributed by atoms with Crippen LogP contribution in [0.1, 0.15) is 20.8 Å². The van der Waals surface area contributed by atoms with Gasteiger partial charge >= 0.3 is 0 Å². The SMILES string of the molecule is CC[Si](CC)(CC(C)(O)OC)c1ccccn1. The zero-order valence-electron chi connectivity index (χ0n) is 11.2. The van der Waals surface area contributed by atoms with Gasteiger partial charge in [-0.2, -0.15) is 0 Å². The summed E-state index contributed by atoms with van der Waals surface area (Å²) in [6, 6.07) is 8.88. The minimum absolute atomic E-state index is 0.695. The lowest BCUT2D eigenvalue weighted by Crippen LogP contribution is -2.53. The number of hydrogen-bond acceptors (Lipinski definition) is 3. The summed E-state index contributed by atoms with van der Waals surface area (Å²) in [5, 5.41) is 11.3. The maximum Gasteiger partial charge on any atom is 0.160 e. The van der Waals surface area contributed by atoms with Gasteiger partial charge < -0.3 is 9.84 Å². The molecule has 0 aliphatic carbocycles. The van der Waals surface area contributed by atoms with Crippen molar-refractivity contribution in [1.29, 1.82) is 0 Å². The first kappa shape index (κ1) is 14.3. The fourth-order valence-corrected chi connectivity index (χ4v) is 6.43. The smallest absolute Gasteiger partial charge is 0.160 e. The minimum atomic E-state index is -1.76. The summed E-state index contributed by atoms with van der Waals surface area (Å²) in [6.07, 6.45) is 1.84. The molecular formula is C13H23NO2Si. The first-order chi connectivity index (χ1) is 7.99. The van der Waals surface area contributed by atoms with E-state index in [2.05, 4.69) is 24.9 Å². The lowest BCUT2D eigenvalue weighted by molar-refractivity contribution is -0.155. The zero-order chi connectivity index (χ0) is 12.9. The topological polar surface area (TPSA) is 42.4 Å². The average molecular weight is 253 g/mol. The van der Waals surface area contributed by atoms with Crippen LogP contribution in [0.15, 0.2) is 24.4 Å². The molecule has 96 valence electrons. The number of nitrogens with zero attached hydrogens (tertiary/aromatic N) is 1. The summed E-state index contributed by atoms with van der Waals surface area (Å²) in [5.74, 6) is -1.05. The van der Waals surface area contributed by atoms with Crippen molar-refractivity contribution < 1.29 is 9.84 Å². The molecule has 3 nitrogen and oxygen atoms in total. The Bertz CT molecular complexity index is 337. The van der Waals surface area contributed by atoms with Gasteiger partial charge in [0.2, 0.25) is 0 Å². The molecule has 0 fully saturated rings. The fraction of sp³-hybridized carbons (Fsp3) is 0.615. The predicted molar refractivity (Wildman–Crippen MR) is 73.0 cm³/mol. The van der Waals surface area contributed by atoms with E-state index in [4.69, 9.17) is 4.74 Å². The second-order valence-electron chi connectivity index (χ2n) is 4.76. The Morgan fingerprint density at radius 3 is 2.41 bits per heavy atom. The maximum atomic E-state index is 10.2. The minimum Gasteiger partial charge on any atom is -0.366 e. The summed E-state index contributed by atoms with van der Waals surface area (Å²) in [4.78, 5) is 4.51. The van der Waals surface area contributed by atoms with Crippen LogP contribution in [0.25, 0.3) is 0 Å². The molecule has 1 aromatic heterocycles. The van der Waals surface area contributed by atoms with Gasteiger partial charge in [0.15, 0.2) is 5.79 Å². The summed E-state index contributed by atoms with van der Waals surface area (Å²) < 4.78 is 5.18. The Labute approximate surface area is 105 Å². The van der Waals surface area contributed by atoms with Crippen LogP contribution >= 0.6 is 0 Å². The molecule has 1 aromatic rings. The van der Waals surface area contributed by atoms with Gasteiger partial charge in [0.25, 0.3) is 0 Å². The number of rotatable bonds is 6. The summed E-state index contributed by atoms with van der Waals surface area (Å²) in [6.45, 7) is 6.12. The van der Waals surface area contributed by atoms with Crippen LogP contribution in [0.5, 0.6) is 0 Å². The molecule has 1 heterocycles. The van der Waals surface area contributed by atoms with Gasteiger partial charge in [0, 0.05) is 24.7 Å². The number of aliphatic hydroxyl groups is 1. The zero-order valence-corrected chi connectivity index (χ0v) is 12.2. The Kier molecular flexibility index (Phi) is 4.86. The highest BCUT2D eigenvalue weighted by molar-refractivity contribution is 6.91. The van der Waals surface area contributed by atoms with Gasteiger partial charge in [-0.05, 0) is 19.1 Å². The number of ether oxygens (including phenoxy) is 1. The first-order valence-corrected chi connectivity index (χ1v) is 8.81. The third kappa shape index (κ3) is 3.37. The summed E-state index contributed by atoms with van der Waals surface area (Å²) >= 11 is 0. The molecule has 0 amide bonds. The second-order valence-corrected chi connectivity index (χ2v) is 9.60.